The van der Waals surface area contributed by atoms with Crippen LogP contribution < -0.4 is 4.90 Å². The molecule has 0 aromatic heterocycles. The normalized spacial score (nSPS) is 18.3. The third kappa shape index (κ3) is 2.58. The van der Waals surface area contributed by atoms with Crippen molar-refractivity contribution < 1.29 is 4.39 Å². The van der Waals surface area contributed by atoms with Crippen LogP contribution in [-0.4, -0.2) is 12.1 Å². The summed E-state index contributed by atoms with van der Waals surface area (Å²) >= 11 is 6.19. The number of benzene rings is 1. The summed E-state index contributed by atoms with van der Waals surface area (Å²) in [6.07, 6.45) is 0. The fourth-order valence-electron chi connectivity index (χ4n) is 4.52. The lowest BCUT2D eigenvalue weighted by atomic mass is 9.52. The van der Waals surface area contributed by atoms with Gasteiger partial charge < -0.3 is 4.90 Å². The summed E-state index contributed by atoms with van der Waals surface area (Å²) in [5.74, 6) is -0.249. The minimum atomic E-state index is -0.322. The predicted molar refractivity (Wildman–Crippen MR) is 99.1 cm³/mol. The first-order valence-electron chi connectivity index (χ1n) is 8.41. The van der Waals surface area contributed by atoms with Crippen LogP contribution in [0.1, 0.15) is 67.9 Å². The second-order valence-electron chi connectivity index (χ2n) is 9.92. The average Bonchev–Trinajstić information content (AvgIpc) is 2.69. The van der Waals surface area contributed by atoms with Gasteiger partial charge in [-0.05, 0) is 43.7 Å². The van der Waals surface area contributed by atoms with E-state index >= 15 is 4.39 Å². The van der Waals surface area contributed by atoms with Gasteiger partial charge in [-0.25, -0.2) is 4.39 Å². The molecular formula is C20H31ClFN. The van der Waals surface area contributed by atoms with Crippen LogP contribution in [0.4, 0.5) is 10.1 Å². The van der Waals surface area contributed by atoms with Gasteiger partial charge in [-0.3, -0.25) is 0 Å². The molecule has 1 aromatic carbocycles. The Balaban J connectivity index is 2.92. The van der Waals surface area contributed by atoms with Crippen molar-refractivity contribution >= 4 is 17.3 Å². The molecule has 0 spiro atoms. The van der Waals surface area contributed by atoms with Crippen LogP contribution >= 0.6 is 11.6 Å². The molecule has 0 fully saturated rings. The monoisotopic (exact) mass is 339 g/mol. The highest BCUT2D eigenvalue weighted by Crippen LogP contribution is 2.61. The van der Waals surface area contributed by atoms with Crippen molar-refractivity contribution in [2.45, 2.75) is 73.3 Å². The second-order valence-corrected chi connectivity index (χ2v) is 10.3. The van der Waals surface area contributed by atoms with Crippen molar-refractivity contribution in [2.75, 3.05) is 11.4 Å². The number of hydrogen-bond acceptors (Lipinski definition) is 1. The number of rotatable bonds is 0. The maximum Gasteiger partial charge on any atom is 0.147 e. The number of fused-ring (bicyclic) bond motifs is 1. The summed E-state index contributed by atoms with van der Waals surface area (Å²) in [5, 5.41) is 0.220. The highest BCUT2D eigenvalue weighted by molar-refractivity contribution is 6.31. The lowest BCUT2D eigenvalue weighted by Gasteiger charge is -2.52. The van der Waals surface area contributed by atoms with Gasteiger partial charge in [0, 0.05) is 28.7 Å². The molecular weight excluding hydrogens is 309 g/mol. The summed E-state index contributed by atoms with van der Waals surface area (Å²) in [4.78, 5) is 2.35. The largest absolute Gasteiger partial charge is 0.365 e. The molecule has 0 atom stereocenters. The number of nitrogens with zero attached hydrogens (tertiary/aromatic N) is 1. The summed E-state index contributed by atoms with van der Waals surface area (Å²) in [5.41, 5.74) is 1.17. The molecule has 0 N–H and O–H groups in total. The van der Waals surface area contributed by atoms with E-state index in [2.05, 4.69) is 67.2 Å². The second kappa shape index (κ2) is 5.12. The van der Waals surface area contributed by atoms with Crippen LogP contribution in [0.25, 0.3) is 0 Å². The van der Waals surface area contributed by atoms with E-state index in [-0.39, 0.29) is 32.6 Å². The third-order valence-electron chi connectivity index (χ3n) is 5.56. The molecule has 0 saturated carbocycles. The number of halogens is 2. The SMILES string of the molecule is CC(C)(C)N1CC(C(C)(C)C)(C(C)(C)C)c2c1ccc(Cl)c2F. The molecule has 0 radical (unpaired) electrons. The minimum absolute atomic E-state index is 0.0761. The van der Waals surface area contributed by atoms with Crippen molar-refractivity contribution in [3.63, 3.8) is 0 Å². The van der Waals surface area contributed by atoms with E-state index in [1.807, 2.05) is 6.07 Å². The van der Waals surface area contributed by atoms with E-state index in [0.29, 0.717) is 0 Å². The fraction of sp³-hybridized carbons (Fsp3) is 0.700. The van der Waals surface area contributed by atoms with E-state index in [0.717, 1.165) is 17.8 Å². The van der Waals surface area contributed by atoms with Crippen molar-refractivity contribution in [3.8, 4) is 0 Å². The van der Waals surface area contributed by atoms with Gasteiger partial charge in [0.05, 0.1) is 5.02 Å². The summed E-state index contributed by atoms with van der Waals surface area (Å²) < 4.78 is 15.3. The Kier molecular flexibility index (Phi) is 4.13. The van der Waals surface area contributed by atoms with E-state index in [1.54, 1.807) is 6.07 Å². The van der Waals surface area contributed by atoms with Crippen LogP contribution in [0, 0.1) is 16.6 Å². The molecule has 0 saturated heterocycles. The minimum Gasteiger partial charge on any atom is -0.365 e. The van der Waals surface area contributed by atoms with E-state index in [9.17, 15) is 0 Å². The van der Waals surface area contributed by atoms with E-state index in [4.69, 9.17) is 11.6 Å². The summed E-state index contributed by atoms with van der Waals surface area (Å²) in [6.45, 7) is 20.7. The topological polar surface area (TPSA) is 3.24 Å². The van der Waals surface area contributed by atoms with Gasteiger partial charge in [-0.15, -0.1) is 0 Å². The highest BCUT2D eigenvalue weighted by Gasteiger charge is 2.59. The van der Waals surface area contributed by atoms with Crippen molar-refractivity contribution in [1.82, 2.24) is 0 Å². The molecule has 2 rings (SSSR count). The quantitative estimate of drug-likeness (QED) is 0.526. The summed E-state index contributed by atoms with van der Waals surface area (Å²) in [7, 11) is 0. The molecule has 0 amide bonds. The average molecular weight is 340 g/mol. The lowest BCUT2D eigenvalue weighted by Crippen LogP contribution is -2.55. The first-order chi connectivity index (χ1) is 10.1. The predicted octanol–water partition coefficient (Wildman–Crippen LogP) is 6.43. The molecule has 1 aliphatic heterocycles. The molecule has 1 nitrogen and oxygen atoms in total. The zero-order valence-electron chi connectivity index (χ0n) is 16.1. The van der Waals surface area contributed by atoms with Gasteiger partial charge in [0.2, 0.25) is 0 Å². The Labute approximate surface area is 146 Å². The van der Waals surface area contributed by atoms with E-state index in [1.165, 1.54) is 0 Å². The Morgan fingerprint density at radius 3 is 1.83 bits per heavy atom. The Morgan fingerprint density at radius 1 is 0.957 bits per heavy atom. The standard InChI is InChI=1S/C20H31ClFN/c1-17(2,3)20(18(4,5)6)12-23(19(7,8)9)14-11-10-13(21)16(22)15(14)20/h10-11H,12H2,1-9H3. The third-order valence-corrected chi connectivity index (χ3v) is 5.85. The zero-order valence-corrected chi connectivity index (χ0v) is 16.8. The molecule has 0 unspecified atom stereocenters. The van der Waals surface area contributed by atoms with Crippen LogP contribution in [0.15, 0.2) is 12.1 Å². The van der Waals surface area contributed by atoms with Crippen LogP contribution in [-0.2, 0) is 5.41 Å². The lowest BCUT2D eigenvalue weighted by molar-refractivity contribution is 0.0605. The van der Waals surface area contributed by atoms with Crippen LogP contribution in [0.2, 0.25) is 5.02 Å². The van der Waals surface area contributed by atoms with Crippen molar-refractivity contribution in [1.29, 1.82) is 0 Å². The van der Waals surface area contributed by atoms with Crippen LogP contribution in [0.5, 0.6) is 0 Å². The maximum absolute atomic E-state index is 15.3. The first-order valence-corrected chi connectivity index (χ1v) is 8.78. The smallest absolute Gasteiger partial charge is 0.147 e. The van der Waals surface area contributed by atoms with E-state index < -0.39 is 0 Å². The van der Waals surface area contributed by atoms with Gasteiger partial charge in [0.15, 0.2) is 0 Å². The van der Waals surface area contributed by atoms with Crippen molar-refractivity contribution in [3.05, 3.63) is 28.5 Å². The van der Waals surface area contributed by atoms with Gasteiger partial charge in [0.1, 0.15) is 5.82 Å². The molecule has 23 heavy (non-hydrogen) atoms. The molecule has 1 aromatic rings. The molecule has 1 aliphatic rings. The highest BCUT2D eigenvalue weighted by atomic mass is 35.5. The van der Waals surface area contributed by atoms with Gasteiger partial charge in [-0.1, -0.05) is 53.1 Å². The number of anilines is 1. The Hall–Kier alpha value is -0.760. The molecule has 1 heterocycles. The van der Waals surface area contributed by atoms with Gasteiger partial charge in [-0.2, -0.15) is 0 Å². The molecule has 130 valence electrons. The van der Waals surface area contributed by atoms with Gasteiger partial charge in [0.25, 0.3) is 0 Å². The van der Waals surface area contributed by atoms with Crippen LogP contribution in [0.3, 0.4) is 0 Å². The first kappa shape index (κ1) is 18.6. The molecule has 0 aliphatic carbocycles. The maximum atomic E-state index is 15.3. The Bertz CT molecular complexity index is 600. The molecule has 3 heteroatoms. The zero-order chi connectivity index (χ0) is 18.0. The van der Waals surface area contributed by atoms with Gasteiger partial charge >= 0.3 is 0 Å². The Morgan fingerprint density at radius 2 is 1.43 bits per heavy atom. The van der Waals surface area contributed by atoms with Crippen molar-refractivity contribution in [2.24, 2.45) is 10.8 Å². The fourth-order valence-corrected chi connectivity index (χ4v) is 4.68. The number of hydrogen-bond donors (Lipinski definition) is 0. The summed E-state index contributed by atoms with van der Waals surface area (Å²) in [6, 6.07) is 3.68. The molecule has 0 bridgehead atoms.